The van der Waals surface area contributed by atoms with Crippen LogP contribution in [0.5, 0.6) is 11.5 Å². The van der Waals surface area contributed by atoms with Crippen LogP contribution >= 0.6 is 0 Å². The van der Waals surface area contributed by atoms with Crippen LogP contribution in [0.1, 0.15) is 41.6 Å². The first-order chi connectivity index (χ1) is 16.0. The van der Waals surface area contributed by atoms with Crippen molar-refractivity contribution < 1.29 is 18.7 Å². The summed E-state index contributed by atoms with van der Waals surface area (Å²) in [6.07, 6.45) is 1.37. The summed E-state index contributed by atoms with van der Waals surface area (Å²) in [6, 6.07) is 17.7. The Morgan fingerprint density at radius 3 is 2.79 bits per heavy atom. The minimum absolute atomic E-state index is 0.245. The van der Waals surface area contributed by atoms with Crippen LogP contribution in [0.15, 0.2) is 65.8 Å². The number of amides is 1. The first-order valence-electron chi connectivity index (χ1n) is 11.0. The molecule has 0 bridgehead atoms. The zero-order valence-corrected chi connectivity index (χ0v) is 18.3. The standard InChI is InChI=1S/C26H22FN3O3/c1-3-15-7-12-20-19(13-15)26(25(31)28-20)30-22(18-5-4-6-23(32-2)24(18)33-26)14-21(29-30)16-8-10-17(27)11-9-16/h4-13,22H,3,14H2,1-2H3,(H,28,31)/t22-,26-/m1/s1. The summed E-state index contributed by atoms with van der Waals surface area (Å²) in [5.41, 5.74) is 3.55. The maximum atomic E-state index is 13.6. The van der Waals surface area contributed by atoms with Gasteiger partial charge in [-0.2, -0.15) is 5.10 Å². The van der Waals surface area contributed by atoms with Crippen LogP contribution in [0.2, 0.25) is 0 Å². The maximum absolute atomic E-state index is 13.6. The van der Waals surface area contributed by atoms with Crippen LogP contribution in [-0.2, 0) is 16.9 Å². The van der Waals surface area contributed by atoms with Gasteiger partial charge in [0.25, 0.3) is 5.91 Å². The molecule has 1 amide bonds. The number of fused-ring (bicyclic) bond motifs is 6. The van der Waals surface area contributed by atoms with Crippen molar-refractivity contribution >= 4 is 17.3 Å². The Balaban J connectivity index is 1.59. The Bertz CT molecular complexity index is 1320. The number of ether oxygens (including phenoxy) is 2. The lowest BCUT2D eigenvalue weighted by atomic mass is 9.91. The van der Waals surface area contributed by atoms with E-state index in [-0.39, 0.29) is 17.8 Å². The number of nitrogens with one attached hydrogen (secondary N) is 1. The van der Waals surface area contributed by atoms with E-state index in [0.717, 1.165) is 34.4 Å². The molecule has 33 heavy (non-hydrogen) atoms. The van der Waals surface area contributed by atoms with Gasteiger partial charge in [0.2, 0.25) is 0 Å². The highest BCUT2D eigenvalue weighted by atomic mass is 19.1. The van der Waals surface area contributed by atoms with Gasteiger partial charge in [0, 0.05) is 12.0 Å². The molecule has 1 N–H and O–H groups in total. The topological polar surface area (TPSA) is 63.2 Å². The van der Waals surface area contributed by atoms with E-state index in [9.17, 15) is 9.18 Å². The molecule has 0 saturated carbocycles. The molecule has 0 aromatic heterocycles. The Labute approximate surface area is 190 Å². The third-order valence-corrected chi connectivity index (χ3v) is 6.66. The van der Waals surface area contributed by atoms with Gasteiger partial charge in [0.05, 0.1) is 30.1 Å². The van der Waals surface area contributed by atoms with Crippen LogP contribution in [0.25, 0.3) is 0 Å². The number of benzene rings is 3. The van der Waals surface area contributed by atoms with Crippen molar-refractivity contribution in [2.75, 3.05) is 12.4 Å². The van der Waals surface area contributed by atoms with Crippen molar-refractivity contribution in [1.29, 1.82) is 0 Å². The molecular formula is C26H22FN3O3. The second-order valence-corrected chi connectivity index (χ2v) is 8.43. The van der Waals surface area contributed by atoms with Crippen molar-refractivity contribution in [1.82, 2.24) is 5.01 Å². The second kappa shape index (κ2) is 7.07. The van der Waals surface area contributed by atoms with Gasteiger partial charge in [-0.1, -0.05) is 37.3 Å². The minimum atomic E-state index is -1.46. The Morgan fingerprint density at radius 1 is 1.21 bits per heavy atom. The quantitative estimate of drug-likeness (QED) is 0.635. The molecule has 1 spiro atoms. The Morgan fingerprint density at radius 2 is 2.03 bits per heavy atom. The molecule has 166 valence electrons. The highest BCUT2D eigenvalue weighted by Crippen LogP contribution is 2.56. The summed E-state index contributed by atoms with van der Waals surface area (Å²) >= 11 is 0. The number of anilines is 1. The Kier molecular flexibility index (Phi) is 4.24. The summed E-state index contributed by atoms with van der Waals surface area (Å²) in [5.74, 6) is 0.508. The van der Waals surface area contributed by atoms with E-state index in [0.29, 0.717) is 23.6 Å². The number of hydrogen-bond donors (Lipinski definition) is 1. The molecule has 0 saturated heterocycles. The minimum Gasteiger partial charge on any atom is -0.493 e. The molecule has 0 aliphatic carbocycles. The van der Waals surface area contributed by atoms with Gasteiger partial charge in [-0.3, -0.25) is 4.79 Å². The van der Waals surface area contributed by atoms with Crippen molar-refractivity contribution in [3.05, 3.63) is 88.7 Å². The molecule has 0 fully saturated rings. The van der Waals surface area contributed by atoms with Gasteiger partial charge in [-0.15, -0.1) is 0 Å². The van der Waals surface area contributed by atoms with Crippen molar-refractivity contribution in [3.8, 4) is 11.5 Å². The summed E-state index contributed by atoms with van der Waals surface area (Å²) in [7, 11) is 1.59. The number of rotatable bonds is 3. The normalized spacial score (nSPS) is 22.3. The molecule has 0 radical (unpaired) electrons. The van der Waals surface area contributed by atoms with Crippen molar-refractivity contribution in [2.24, 2.45) is 5.10 Å². The lowest BCUT2D eigenvalue weighted by Gasteiger charge is -2.44. The molecular weight excluding hydrogens is 421 g/mol. The largest absolute Gasteiger partial charge is 0.493 e. The number of hydrogen-bond acceptors (Lipinski definition) is 5. The molecule has 0 unspecified atom stereocenters. The number of carbonyl (C=O) groups is 1. The molecule has 3 aliphatic heterocycles. The molecule has 3 heterocycles. The molecule has 3 aromatic carbocycles. The third kappa shape index (κ3) is 2.71. The summed E-state index contributed by atoms with van der Waals surface area (Å²) in [4.78, 5) is 13.6. The van der Waals surface area contributed by atoms with E-state index in [4.69, 9.17) is 14.6 Å². The van der Waals surface area contributed by atoms with E-state index < -0.39 is 5.72 Å². The second-order valence-electron chi connectivity index (χ2n) is 8.43. The van der Waals surface area contributed by atoms with E-state index in [1.54, 1.807) is 24.3 Å². The zero-order valence-electron chi connectivity index (χ0n) is 18.3. The van der Waals surface area contributed by atoms with E-state index in [1.807, 2.05) is 36.4 Å². The number of para-hydroxylation sites is 1. The van der Waals surface area contributed by atoms with Crippen LogP contribution in [0.4, 0.5) is 10.1 Å². The fourth-order valence-corrected chi connectivity index (χ4v) is 4.98. The van der Waals surface area contributed by atoms with E-state index in [1.165, 1.54) is 12.1 Å². The highest BCUT2D eigenvalue weighted by molar-refractivity contribution is 6.07. The summed E-state index contributed by atoms with van der Waals surface area (Å²) < 4.78 is 25.7. The van der Waals surface area contributed by atoms with Gasteiger partial charge in [0.15, 0.2) is 11.5 Å². The predicted octanol–water partition coefficient (Wildman–Crippen LogP) is 4.75. The summed E-state index contributed by atoms with van der Waals surface area (Å²) in [6.45, 7) is 2.07. The fraction of sp³-hybridized carbons (Fsp3) is 0.231. The SMILES string of the molecule is CCc1ccc2c(c1)[C@@]1(Oc3c(OC)cccc3[C@H]3CC(c4ccc(F)cc4)=NN31)C(=O)N2. The van der Waals surface area contributed by atoms with Crippen LogP contribution in [-0.4, -0.2) is 23.7 Å². The van der Waals surface area contributed by atoms with Gasteiger partial charge >= 0.3 is 5.72 Å². The average molecular weight is 443 g/mol. The Hall–Kier alpha value is -3.87. The van der Waals surface area contributed by atoms with Gasteiger partial charge in [-0.25, -0.2) is 9.40 Å². The lowest BCUT2D eigenvalue weighted by Crippen LogP contribution is -2.55. The maximum Gasteiger partial charge on any atom is 0.306 e. The monoisotopic (exact) mass is 443 g/mol. The number of methoxy groups -OCH3 is 1. The first-order valence-corrected chi connectivity index (χ1v) is 11.0. The smallest absolute Gasteiger partial charge is 0.306 e. The molecule has 6 nitrogen and oxygen atoms in total. The van der Waals surface area contributed by atoms with Gasteiger partial charge in [0.1, 0.15) is 5.82 Å². The van der Waals surface area contributed by atoms with Crippen LogP contribution in [0, 0.1) is 5.82 Å². The average Bonchev–Trinajstić information content (AvgIpc) is 3.40. The van der Waals surface area contributed by atoms with Crippen molar-refractivity contribution in [3.63, 3.8) is 0 Å². The first kappa shape index (κ1) is 19.8. The third-order valence-electron chi connectivity index (χ3n) is 6.66. The van der Waals surface area contributed by atoms with E-state index in [2.05, 4.69) is 12.2 Å². The summed E-state index contributed by atoms with van der Waals surface area (Å²) in [5, 5.41) is 9.66. The molecule has 2 atom stereocenters. The molecule has 3 aromatic rings. The van der Waals surface area contributed by atoms with E-state index >= 15 is 0 Å². The number of aryl methyl sites for hydroxylation is 1. The number of nitrogens with zero attached hydrogens (tertiary/aromatic N) is 2. The van der Waals surface area contributed by atoms with Crippen LogP contribution < -0.4 is 14.8 Å². The van der Waals surface area contributed by atoms with Gasteiger partial charge < -0.3 is 14.8 Å². The van der Waals surface area contributed by atoms with Crippen LogP contribution in [0.3, 0.4) is 0 Å². The molecule has 3 aliphatic rings. The zero-order chi connectivity index (χ0) is 22.7. The predicted molar refractivity (Wildman–Crippen MR) is 122 cm³/mol. The number of hydrazone groups is 1. The van der Waals surface area contributed by atoms with Gasteiger partial charge in [-0.05, 0) is 47.9 Å². The highest BCUT2D eigenvalue weighted by Gasteiger charge is 2.61. The van der Waals surface area contributed by atoms with Crippen molar-refractivity contribution in [2.45, 2.75) is 31.5 Å². The molecule has 6 rings (SSSR count). The number of halogens is 1. The lowest BCUT2D eigenvalue weighted by molar-refractivity contribution is -0.161. The fourth-order valence-electron chi connectivity index (χ4n) is 4.98. The molecule has 7 heteroatoms. The number of carbonyl (C=O) groups excluding carboxylic acids is 1.